The topological polar surface area (TPSA) is 62.4 Å². The molecule has 3 rings (SSSR count). The van der Waals surface area contributed by atoms with Gasteiger partial charge in [0, 0.05) is 11.6 Å². The van der Waals surface area contributed by atoms with Gasteiger partial charge in [0.25, 0.3) is 0 Å². The van der Waals surface area contributed by atoms with Gasteiger partial charge in [-0.3, -0.25) is 4.90 Å². The maximum atomic E-state index is 12.6. The minimum Gasteiger partial charge on any atom is -0.395 e. The molecule has 130 valence electrons. The van der Waals surface area contributed by atoms with Crippen LogP contribution in [0.1, 0.15) is 30.7 Å². The number of aliphatic hydroxyl groups excluding tert-OH is 1. The van der Waals surface area contributed by atoms with Crippen LogP contribution in [0.25, 0.3) is 11.4 Å². The monoisotopic (exact) mass is 341 g/mol. The molecule has 1 fully saturated rings. The Bertz CT molecular complexity index is 670. The van der Waals surface area contributed by atoms with Crippen molar-refractivity contribution in [1.82, 2.24) is 15.0 Å². The average molecular weight is 341 g/mol. The molecule has 5 nitrogen and oxygen atoms in total. The molecule has 1 unspecified atom stereocenters. The second-order valence-electron chi connectivity index (χ2n) is 5.89. The fraction of sp³-hybridized carbons (Fsp3) is 0.500. The molecule has 1 N–H and O–H groups in total. The number of alkyl halides is 3. The largest absolute Gasteiger partial charge is 0.416 e. The van der Waals surface area contributed by atoms with Gasteiger partial charge in [-0.05, 0) is 31.5 Å². The van der Waals surface area contributed by atoms with Crippen molar-refractivity contribution in [3.63, 3.8) is 0 Å². The Hall–Kier alpha value is -1.93. The Morgan fingerprint density at radius 3 is 2.62 bits per heavy atom. The summed E-state index contributed by atoms with van der Waals surface area (Å²) >= 11 is 0. The quantitative estimate of drug-likeness (QED) is 0.926. The van der Waals surface area contributed by atoms with Crippen LogP contribution in [0.3, 0.4) is 0 Å². The molecule has 1 aliphatic rings. The third kappa shape index (κ3) is 3.76. The van der Waals surface area contributed by atoms with Crippen molar-refractivity contribution in [3.8, 4) is 11.4 Å². The smallest absolute Gasteiger partial charge is 0.395 e. The van der Waals surface area contributed by atoms with Gasteiger partial charge in [0.2, 0.25) is 11.7 Å². The standard InChI is InChI=1S/C16H18F3N3O2/c17-16(18,19)12-6-4-11(5-7-12)15-20-14(24-21-15)9-22-8-2-1-3-13(22)10-23/h4-7,13,23H,1-3,8-10H2. The van der Waals surface area contributed by atoms with Gasteiger partial charge in [0.1, 0.15) is 0 Å². The molecular formula is C16H18F3N3O2. The van der Waals surface area contributed by atoms with Crippen LogP contribution in [-0.4, -0.2) is 39.3 Å². The maximum Gasteiger partial charge on any atom is 0.416 e. The van der Waals surface area contributed by atoms with Crippen molar-refractivity contribution < 1.29 is 22.8 Å². The SMILES string of the molecule is OCC1CCCCN1Cc1nc(-c2ccc(C(F)(F)F)cc2)no1. The summed E-state index contributed by atoms with van der Waals surface area (Å²) in [5, 5.41) is 13.3. The van der Waals surface area contributed by atoms with E-state index in [1.807, 2.05) is 0 Å². The summed E-state index contributed by atoms with van der Waals surface area (Å²) in [5.41, 5.74) is -0.246. The van der Waals surface area contributed by atoms with Gasteiger partial charge in [-0.1, -0.05) is 23.7 Å². The fourth-order valence-corrected chi connectivity index (χ4v) is 2.89. The highest BCUT2D eigenvalue weighted by Gasteiger charge is 2.30. The molecule has 2 heterocycles. The van der Waals surface area contributed by atoms with Gasteiger partial charge < -0.3 is 9.63 Å². The molecule has 0 bridgehead atoms. The van der Waals surface area contributed by atoms with Gasteiger partial charge in [0.05, 0.1) is 18.7 Å². The Balaban J connectivity index is 1.71. The van der Waals surface area contributed by atoms with E-state index in [0.29, 0.717) is 18.0 Å². The number of nitrogens with zero attached hydrogens (tertiary/aromatic N) is 3. The summed E-state index contributed by atoms with van der Waals surface area (Å²) < 4.78 is 42.9. The molecule has 24 heavy (non-hydrogen) atoms. The Labute approximate surface area is 137 Å². The molecule has 2 aromatic rings. The average Bonchev–Trinajstić information content (AvgIpc) is 3.03. The molecule has 0 spiro atoms. The first-order chi connectivity index (χ1) is 11.5. The number of piperidine rings is 1. The minimum atomic E-state index is -4.37. The summed E-state index contributed by atoms with van der Waals surface area (Å²) in [6.45, 7) is 1.36. The zero-order chi connectivity index (χ0) is 17.2. The number of halogens is 3. The van der Waals surface area contributed by atoms with Crippen LogP contribution in [0.4, 0.5) is 13.2 Å². The summed E-state index contributed by atoms with van der Waals surface area (Å²) in [6, 6.07) is 4.74. The lowest BCUT2D eigenvalue weighted by molar-refractivity contribution is -0.137. The lowest BCUT2D eigenvalue weighted by atomic mass is 10.0. The van der Waals surface area contributed by atoms with Crippen LogP contribution in [0, 0.1) is 0 Å². The highest BCUT2D eigenvalue weighted by atomic mass is 19.4. The molecular weight excluding hydrogens is 323 g/mol. The van der Waals surface area contributed by atoms with E-state index >= 15 is 0 Å². The van der Waals surface area contributed by atoms with E-state index in [0.717, 1.165) is 37.9 Å². The first kappa shape index (κ1) is 16.9. The number of aromatic nitrogens is 2. The van der Waals surface area contributed by atoms with Crippen molar-refractivity contribution >= 4 is 0 Å². The van der Waals surface area contributed by atoms with Crippen molar-refractivity contribution in [2.45, 2.75) is 38.0 Å². The zero-order valence-corrected chi connectivity index (χ0v) is 13.0. The van der Waals surface area contributed by atoms with E-state index < -0.39 is 11.7 Å². The number of benzene rings is 1. The second-order valence-corrected chi connectivity index (χ2v) is 5.89. The van der Waals surface area contributed by atoms with Gasteiger partial charge in [-0.15, -0.1) is 0 Å². The lowest BCUT2D eigenvalue weighted by Crippen LogP contribution is -2.41. The van der Waals surface area contributed by atoms with E-state index in [4.69, 9.17) is 4.52 Å². The van der Waals surface area contributed by atoms with E-state index in [2.05, 4.69) is 15.0 Å². The highest BCUT2D eigenvalue weighted by molar-refractivity contribution is 5.54. The molecule has 0 saturated carbocycles. The van der Waals surface area contributed by atoms with E-state index in [1.54, 1.807) is 0 Å². The van der Waals surface area contributed by atoms with E-state index in [1.165, 1.54) is 12.1 Å². The molecule has 0 aliphatic carbocycles. The predicted molar refractivity (Wildman–Crippen MR) is 79.9 cm³/mol. The van der Waals surface area contributed by atoms with Crippen molar-refractivity contribution in [2.75, 3.05) is 13.2 Å². The number of hydrogen-bond acceptors (Lipinski definition) is 5. The number of aliphatic hydroxyl groups is 1. The van der Waals surface area contributed by atoms with Crippen LogP contribution in [0.2, 0.25) is 0 Å². The van der Waals surface area contributed by atoms with E-state index in [9.17, 15) is 18.3 Å². The van der Waals surface area contributed by atoms with Crippen molar-refractivity contribution in [1.29, 1.82) is 0 Å². The summed E-state index contributed by atoms with van der Waals surface area (Å²) in [7, 11) is 0. The summed E-state index contributed by atoms with van der Waals surface area (Å²) in [5.74, 6) is 0.654. The third-order valence-corrected chi connectivity index (χ3v) is 4.24. The third-order valence-electron chi connectivity index (χ3n) is 4.24. The van der Waals surface area contributed by atoms with Crippen LogP contribution in [0.15, 0.2) is 28.8 Å². The number of hydrogen-bond donors (Lipinski definition) is 1. The Kier molecular flexibility index (Phi) is 4.86. The fourth-order valence-electron chi connectivity index (χ4n) is 2.89. The first-order valence-corrected chi connectivity index (χ1v) is 7.82. The molecule has 1 saturated heterocycles. The van der Waals surface area contributed by atoms with Crippen LogP contribution >= 0.6 is 0 Å². The number of rotatable bonds is 4. The van der Waals surface area contributed by atoms with Gasteiger partial charge in [-0.25, -0.2) is 0 Å². The lowest BCUT2D eigenvalue weighted by Gasteiger charge is -2.33. The van der Waals surface area contributed by atoms with Gasteiger partial charge in [-0.2, -0.15) is 18.2 Å². The van der Waals surface area contributed by atoms with Crippen LogP contribution in [-0.2, 0) is 12.7 Å². The molecule has 1 aromatic heterocycles. The van der Waals surface area contributed by atoms with Crippen molar-refractivity contribution in [3.05, 3.63) is 35.7 Å². The first-order valence-electron chi connectivity index (χ1n) is 7.82. The summed E-state index contributed by atoms with van der Waals surface area (Å²) in [4.78, 5) is 6.34. The molecule has 0 radical (unpaired) electrons. The Morgan fingerprint density at radius 2 is 1.96 bits per heavy atom. The minimum absolute atomic E-state index is 0.0832. The molecule has 0 amide bonds. The highest BCUT2D eigenvalue weighted by Crippen LogP contribution is 2.30. The normalized spacial score (nSPS) is 19.6. The van der Waals surface area contributed by atoms with Crippen LogP contribution in [0.5, 0.6) is 0 Å². The van der Waals surface area contributed by atoms with Crippen molar-refractivity contribution in [2.24, 2.45) is 0 Å². The van der Waals surface area contributed by atoms with Gasteiger partial charge in [0.15, 0.2) is 0 Å². The molecule has 8 heteroatoms. The van der Waals surface area contributed by atoms with E-state index in [-0.39, 0.29) is 18.5 Å². The molecule has 1 aromatic carbocycles. The maximum absolute atomic E-state index is 12.6. The predicted octanol–water partition coefficient (Wildman–Crippen LogP) is 3.10. The number of likely N-dealkylation sites (tertiary alicyclic amines) is 1. The van der Waals surface area contributed by atoms with Gasteiger partial charge >= 0.3 is 6.18 Å². The second kappa shape index (κ2) is 6.90. The zero-order valence-electron chi connectivity index (χ0n) is 13.0. The van der Waals surface area contributed by atoms with Crippen LogP contribution < -0.4 is 0 Å². The Morgan fingerprint density at radius 1 is 1.21 bits per heavy atom. The summed E-state index contributed by atoms with van der Waals surface area (Å²) in [6.07, 6.45) is -1.30. The molecule has 1 atom stereocenters. The molecule has 1 aliphatic heterocycles.